The van der Waals surface area contributed by atoms with Crippen LogP contribution in [0.15, 0.2) is 72.8 Å². The minimum Gasteiger partial charge on any atom is -0.497 e. The van der Waals surface area contributed by atoms with E-state index in [0.29, 0.717) is 18.0 Å². The Labute approximate surface area is 176 Å². The van der Waals surface area contributed by atoms with Crippen LogP contribution in [-0.4, -0.2) is 31.8 Å². The number of ether oxygens (including phenoxy) is 3. The van der Waals surface area contributed by atoms with Crippen LogP contribution in [0, 0.1) is 0 Å². The number of methoxy groups -OCH3 is 2. The molecule has 0 saturated carbocycles. The maximum absolute atomic E-state index is 13.1. The van der Waals surface area contributed by atoms with Crippen LogP contribution in [0.1, 0.15) is 28.3 Å². The number of hydrogen-bond acceptors (Lipinski definition) is 4. The van der Waals surface area contributed by atoms with Gasteiger partial charge in [0.25, 0.3) is 0 Å². The Morgan fingerprint density at radius 3 is 2.47 bits per heavy atom. The van der Waals surface area contributed by atoms with Gasteiger partial charge in [-0.05, 0) is 35.2 Å². The maximum atomic E-state index is 13.1. The quantitative estimate of drug-likeness (QED) is 0.602. The van der Waals surface area contributed by atoms with Gasteiger partial charge in [0.15, 0.2) is 0 Å². The Kier molecular flexibility index (Phi) is 5.89. The molecule has 1 aliphatic heterocycles. The van der Waals surface area contributed by atoms with E-state index >= 15 is 0 Å². The zero-order chi connectivity index (χ0) is 20.9. The van der Waals surface area contributed by atoms with Crippen molar-refractivity contribution in [3.63, 3.8) is 0 Å². The summed E-state index contributed by atoms with van der Waals surface area (Å²) in [6, 6.07) is 23.3. The van der Waals surface area contributed by atoms with Crippen LogP contribution >= 0.6 is 0 Å². The molecule has 0 fully saturated rings. The Morgan fingerprint density at radius 2 is 1.70 bits per heavy atom. The predicted octanol–water partition coefficient (Wildman–Crippen LogP) is 4.99. The van der Waals surface area contributed by atoms with Crippen molar-refractivity contribution in [2.45, 2.75) is 19.1 Å². The average Bonchev–Trinajstić information content (AvgIpc) is 2.82. The van der Waals surface area contributed by atoms with Crippen molar-refractivity contribution < 1.29 is 19.0 Å². The van der Waals surface area contributed by atoms with Crippen molar-refractivity contribution in [3.8, 4) is 11.5 Å². The molecule has 3 aromatic carbocycles. The van der Waals surface area contributed by atoms with E-state index in [-0.39, 0.29) is 18.7 Å². The van der Waals surface area contributed by atoms with Crippen LogP contribution in [0.5, 0.6) is 11.5 Å². The highest BCUT2D eigenvalue weighted by Crippen LogP contribution is 2.40. The number of nitrogens with zero attached hydrogens (tertiary/aromatic N) is 1. The summed E-state index contributed by atoms with van der Waals surface area (Å²) in [5.74, 6) is 1.38. The standard InChI is InChI=1S/C25H25NO4/c1-28-20-12-13-22(23(16-20)29-2)24-21-11-7-6-10-19(21)14-15-26(24)25(27)30-17-18-8-4-3-5-9-18/h3-13,16,24H,14-15,17H2,1-2H3. The van der Waals surface area contributed by atoms with Gasteiger partial charge in [-0.3, -0.25) is 4.90 Å². The fourth-order valence-electron chi connectivity index (χ4n) is 3.95. The lowest BCUT2D eigenvalue weighted by Crippen LogP contribution is -2.41. The van der Waals surface area contributed by atoms with Gasteiger partial charge in [0.1, 0.15) is 18.1 Å². The molecule has 0 radical (unpaired) electrons. The smallest absolute Gasteiger partial charge is 0.410 e. The Bertz CT molecular complexity index is 1020. The number of amides is 1. The lowest BCUT2D eigenvalue weighted by Gasteiger charge is -2.37. The molecule has 5 nitrogen and oxygen atoms in total. The van der Waals surface area contributed by atoms with E-state index < -0.39 is 0 Å². The number of benzene rings is 3. The summed E-state index contributed by atoms with van der Waals surface area (Å²) in [7, 11) is 3.25. The molecule has 1 amide bonds. The third-order valence-corrected chi connectivity index (χ3v) is 5.46. The molecular formula is C25H25NO4. The molecule has 0 saturated heterocycles. The van der Waals surface area contributed by atoms with Crippen molar-refractivity contribution in [2.75, 3.05) is 20.8 Å². The fourth-order valence-corrected chi connectivity index (χ4v) is 3.95. The second-order valence-electron chi connectivity index (χ2n) is 7.19. The minimum atomic E-state index is -0.337. The molecule has 1 heterocycles. The normalized spacial score (nSPS) is 15.3. The highest BCUT2D eigenvalue weighted by Gasteiger charge is 2.34. The molecule has 30 heavy (non-hydrogen) atoms. The van der Waals surface area contributed by atoms with Crippen LogP contribution < -0.4 is 9.47 Å². The van der Waals surface area contributed by atoms with Gasteiger partial charge in [0, 0.05) is 18.2 Å². The van der Waals surface area contributed by atoms with Gasteiger partial charge in [-0.15, -0.1) is 0 Å². The van der Waals surface area contributed by atoms with Crippen LogP contribution in [0.3, 0.4) is 0 Å². The highest BCUT2D eigenvalue weighted by atomic mass is 16.6. The van der Waals surface area contributed by atoms with Crippen molar-refractivity contribution >= 4 is 6.09 Å². The highest BCUT2D eigenvalue weighted by molar-refractivity contribution is 5.70. The van der Waals surface area contributed by atoms with E-state index in [2.05, 4.69) is 12.1 Å². The largest absolute Gasteiger partial charge is 0.497 e. The summed E-state index contributed by atoms with van der Waals surface area (Å²) < 4.78 is 16.7. The summed E-state index contributed by atoms with van der Waals surface area (Å²) in [6.45, 7) is 0.814. The van der Waals surface area contributed by atoms with Gasteiger partial charge >= 0.3 is 6.09 Å². The van der Waals surface area contributed by atoms with Crippen molar-refractivity contribution in [3.05, 3.63) is 95.1 Å². The molecule has 0 aromatic heterocycles. The Morgan fingerprint density at radius 1 is 0.933 bits per heavy atom. The van der Waals surface area contributed by atoms with Crippen molar-refractivity contribution in [2.24, 2.45) is 0 Å². The molecule has 154 valence electrons. The zero-order valence-corrected chi connectivity index (χ0v) is 17.2. The summed E-state index contributed by atoms with van der Waals surface area (Å²) in [6.07, 6.45) is 0.446. The third kappa shape index (κ3) is 3.96. The van der Waals surface area contributed by atoms with E-state index in [0.717, 1.165) is 23.1 Å². The second-order valence-corrected chi connectivity index (χ2v) is 7.19. The van der Waals surface area contributed by atoms with E-state index in [4.69, 9.17) is 14.2 Å². The first-order chi connectivity index (χ1) is 14.7. The number of carbonyl (C=O) groups is 1. The number of fused-ring (bicyclic) bond motifs is 1. The number of hydrogen-bond donors (Lipinski definition) is 0. The molecule has 1 unspecified atom stereocenters. The molecule has 0 N–H and O–H groups in total. The number of rotatable bonds is 5. The van der Waals surface area contributed by atoms with E-state index in [1.807, 2.05) is 60.7 Å². The minimum absolute atomic E-state index is 0.240. The van der Waals surface area contributed by atoms with Gasteiger partial charge in [-0.1, -0.05) is 54.6 Å². The topological polar surface area (TPSA) is 48.0 Å². The Hall–Kier alpha value is -3.47. The summed E-state index contributed by atoms with van der Waals surface area (Å²) in [5, 5.41) is 0. The third-order valence-electron chi connectivity index (χ3n) is 5.46. The lowest BCUT2D eigenvalue weighted by molar-refractivity contribution is 0.0833. The molecular weight excluding hydrogens is 378 g/mol. The molecule has 0 spiro atoms. The molecule has 3 aromatic rings. The van der Waals surface area contributed by atoms with Crippen molar-refractivity contribution in [1.29, 1.82) is 0 Å². The van der Waals surface area contributed by atoms with E-state index in [9.17, 15) is 4.79 Å². The summed E-state index contributed by atoms with van der Waals surface area (Å²) in [5.41, 5.74) is 4.18. The average molecular weight is 403 g/mol. The van der Waals surface area contributed by atoms with Gasteiger partial charge in [0.05, 0.1) is 20.3 Å². The Balaban J connectivity index is 1.68. The van der Waals surface area contributed by atoms with Crippen LogP contribution in [0.4, 0.5) is 4.79 Å². The lowest BCUT2D eigenvalue weighted by atomic mass is 9.88. The first-order valence-corrected chi connectivity index (χ1v) is 9.98. The summed E-state index contributed by atoms with van der Waals surface area (Å²) in [4.78, 5) is 14.9. The monoisotopic (exact) mass is 403 g/mol. The van der Waals surface area contributed by atoms with Crippen LogP contribution in [0.25, 0.3) is 0 Å². The van der Waals surface area contributed by atoms with Gasteiger partial charge in [0.2, 0.25) is 0 Å². The first kappa shape index (κ1) is 19.8. The van der Waals surface area contributed by atoms with Gasteiger partial charge < -0.3 is 14.2 Å². The first-order valence-electron chi connectivity index (χ1n) is 9.98. The molecule has 4 rings (SSSR count). The fraction of sp³-hybridized carbons (Fsp3) is 0.240. The van der Waals surface area contributed by atoms with Gasteiger partial charge in [-0.2, -0.15) is 0 Å². The number of carbonyl (C=O) groups excluding carboxylic acids is 1. The zero-order valence-electron chi connectivity index (χ0n) is 17.2. The predicted molar refractivity (Wildman–Crippen MR) is 115 cm³/mol. The molecule has 0 bridgehead atoms. The molecule has 1 aliphatic rings. The molecule has 0 aliphatic carbocycles. The maximum Gasteiger partial charge on any atom is 0.410 e. The summed E-state index contributed by atoms with van der Waals surface area (Å²) >= 11 is 0. The van der Waals surface area contributed by atoms with Crippen LogP contribution in [-0.2, 0) is 17.8 Å². The molecule has 5 heteroatoms. The molecule has 1 atom stereocenters. The van der Waals surface area contributed by atoms with Crippen molar-refractivity contribution in [1.82, 2.24) is 4.90 Å². The van der Waals surface area contributed by atoms with Crippen LogP contribution in [0.2, 0.25) is 0 Å². The SMILES string of the molecule is COc1ccc(C2c3ccccc3CCN2C(=O)OCc2ccccc2)c(OC)c1. The van der Waals surface area contributed by atoms with E-state index in [1.54, 1.807) is 19.1 Å². The second kappa shape index (κ2) is 8.91. The van der Waals surface area contributed by atoms with Gasteiger partial charge in [-0.25, -0.2) is 4.79 Å². The van der Waals surface area contributed by atoms with E-state index in [1.165, 1.54) is 5.56 Å².